The summed E-state index contributed by atoms with van der Waals surface area (Å²) in [4.78, 5) is 24.6. The van der Waals surface area contributed by atoms with E-state index >= 15 is 0 Å². The first-order chi connectivity index (χ1) is 11.5. The van der Waals surface area contributed by atoms with Gasteiger partial charge in [-0.1, -0.05) is 0 Å². The van der Waals surface area contributed by atoms with Crippen molar-refractivity contribution in [1.82, 2.24) is 9.78 Å². The number of amides is 2. The van der Waals surface area contributed by atoms with E-state index in [0.29, 0.717) is 23.0 Å². The predicted molar refractivity (Wildman–Crippen MR) is 87.4 cm³/mol. The Balaban J connectivity index is 1.89. The summed E-state index contributed by atoms with van der Waals surface area (Å²) in [5.74, 6) is 1.03. The maximum Gasteiger partial charge on any atom is 0.249 e. The molecule has 3 rings (SSSR count). The summed E-state index contributed by atoms with van der Waals surface area (Å²) >= 11 is 0. The van der Waals surface area contributed by atoms with E-state index in [1.165, 1.54) is 18.9 Å². The monoisotopic (exact) mass is 330 g/mol. The fourth-order valence-electron chi connectivity index (χ4n) is 2.64. The Kier molecular flexibility index (Phi) is 4.11. The van der Waals surface area contributed by atoms with E-state index in [4.69, 9.17) is 9.47 Å². The van der Waals surface area contributed by atoms with Crippen molar-refractivity contribution in [2.45, 2.75) is 19.4 Å². The number of nitrogens with zero attached hydrogens (tertiary/aromatic N) is 2. The molecule has 2 N–H and O–H groups in total. The van der Waals surface area contributed by atoms with Crippen LogP contribution in [0.25, 0.3) is 0 Å². The van der Waals surface area contributed by atoms with E-state index in [-0.39, 0.29) is 18.2 Å². The zero-order valence-corrected chi connectivity index (χ0v) is 13.6. The summed E-state index contributed by atoms with van der Waals surface area (Å²) in [5, 5.41) is 9.79. The summed E-state index contributed by atoms with van der Waals surface area (Å²) in [5.41, 5.74) is 1.20. The molecule has 2 heterocycles. The lowest BCUT2D eigenvalue weighted by molar-refractivity contribution is -0.125. The van der Waals surface area contributed by atoms with Gasteiger partial charge in [-0.2, -0.15) is 5.10 Å². The number of methoxy groups -OCH3 is 2. The van der Waals surface area contributed by atoms with Crippen molar-refractivity contribution in [2.24, 2.45) is 0 Å². The van der Waals surface area contributed by atoms with Gasteiger partial charge in [0.15, 0.2) is 0 Å². The van der Waals surface area contributed by atoms with Gasteiger partial charge in [-0.05, 0) is 19.1 Å². The number of hydrogen-bond donors (Lipinski definition) is 2. The first-order valence-electron chi connectivity index (χ1n) is 7.40. The Bertz CT molecular complexity index is 799. The Morgan fingerprint density at radius 2 is 2.12 bits per heavy atom. The molecule has 8 nitrogen and oxygen atoms in total. The number of carbonyl (C=O) groups is 2. The number of ether oxygens (including phenoxy) is 2. The van der Waals surface area contributed by atoms with Crippen LogP contribution in [0.5, 0.6) is 11.5 Å². The molecule has 24 heavy (non-hydrogen) atoms. The fourth-order valence-corrected chi connectivity index (χ4v) is 2.64. The molecular formula is C16H18N4O4. The van der Waals surface area contributed by atoms with Gasteiger partial charge in [0.2, 0.25) is 11.8 Å². The van der Waals surface area contributed by atoms with Gasteiger partial charge < -0.3 is 20.1 Å². The molecule has 0 saturated heterocycles. The summed E-state index contributed by atoms with van der Waals surface area (Å²) in [6, 6.07) is 6.10. The Hall–Kier alpha value is -3.03. The molecule has 1 aromatic heterocycles. The number of nitrogens with one attached hydrogen (secondary N) is 2. The molecule has 0 radical (unpaired) electrons. The third-order valence-electron chi connectivity index (χ3n) is 3.77. The fraction of sp³-hybridized carbons (Fsp3) is 0.312. The zero-order valence-electron chi connectivity index (χ0n) is 13.6. The normalized spacial score (nSPS) is 16.1. The Morgan fingerprint density at radius 1 is 1.33 bits per heavy atom. The van der Waals surface area contributed by atoms with E-state index < -0.39 is 6.04 Å². The highest BCUT2D eigenvalue weighted by Crippen LogP contribution is 2.31. The van der Waals surface area contributed by atoms with Crippen molar-refractivity contribution < 1.29 is 19.1 Å². The molecule has 0 spiro atoms. The van der Waals surface area contributed by atoms with Gasteiger partial charge in [0.05, 0.1) is 32.0 Å². The molecule has 2 aromatic rings. The van der Waals surface area contributed by atoms with E-state index in [1.54, 1.807) is 31.2 Å². The maximum atomic E-state index is 12.7. The number of aromatic nitrogens is 2. The third kappa shape index (κ3) is 2.90. The predicted octanol–water partition coefficient (Wildman–Crippen LogP) is 1.73. The second-order valence-corrected chi connectivity index (χ2v) is 5.44. The van der Waals surface area contributed by atoms with Crippen LogP contribution in [-0.4, -0.2) is 35.8 Å². The summed E-state index contributed by atoms with van der Waals surface area (Å²) in [6.45, 7) is 1.80. The lowest BCUT2D eigenvalue weighted by Crippen LogP contribution is -2.35. The van der Waals surface area contributed by atoms with E-state index in [2.05, 4.69) is 15.7 Å². The third-order valence-corrected chi connectivity index (χ3v) is 3.77. The Morgan fingerprint density at radius 3 is 2.83 bits per heavy atom. The van der Waals surface area contributed by atoms with Gasteiger partial charge in [0.1, 0.15) is 23.4 Å². The molecule has 1 atom stereocenters. The van der Waals surface area contributed by atoms with E-state index in [9.17, 15) is 9.59 Å². The second kappa shape index (κ2) is 6.23. The topological polar surface area (TPSA) is 94.5 Å². The van der Waals surface area contributed by atoms with Gasteiger partial charge in [0, 0.05) is 12.1 Å². The van der Waals surface area contributed by atoms with Crippen molar-refractivity contribution in [2.75, 3.05) is 24.9 Å². The minimum Gasteiger partial charge on any atom is -0.497 e. The number of aryl methyl sites for hydroxylation is 1. The van der Waals surface area contributed by atoms with Crippen LogP contribution < -0.4 is 20.1 Å². The number of hydrogen-bond acceptors (Lipinski definition) is 5. The number of rotatable bonds is 4. The van der Waals surface area contributed by atoms with Crippen molar-refractivity contribution in [3.8, 4) is 11.5 Å². The molecule has 126 valence electrons. The maximum absolute atomic E-state index is 12.7. The van der Waals surface area contributed by atoms with Crippen LogP contribution in [0.15, 0.2) is 24.3 Å². The molecule has 1 aliphatic rings. The van der Waals surface area contributed by atoms with Gasteiger partial charge in [-0.25, -0.2) is 4.68 Å². The first kappa shape index (κ1) is 15.9. The SMILES string of the molecule is COc1ccc(OC)c(NC(=O)C2CC(=O)Nc3cc(C)nn32)c1. The highest BCUT2D eigenvalue weighted by molar-refractivity contribution is 6.01. The number of carbonyl (C=O) groups excluding carboxylic acids is 2. The van der Waals surface area contributed by atoms with Gasteiger partial charge >= 0.3 is 0 Å². The molecule has 1 aliphatic heterocycles. The standard InChI is InChI=1S/C16H18N4O4/c1-9-6-14-18-15(21)8-12(20(14)19-9)16(22)17-11-7-10(23-2)4-5-13(11)24-3/h4-7,12H,8H2,1-3H3,(H,17,22)(H,18,21). The van der Waals surface area contributed by atoms with Crippen LogP contribution in [0.2, 0.25) is 0 Å². The van der Waals surface area contributed by atoms with Crippen molar-refractivity contribution in [3.05, 3.63) is 30.0 Å². The second-order valence-electron chi connectivity index (χ2n) is 5.44. The van der Waals surface area contributed by atoms with Crippen LogP contribution in [0.4, 0.5) is 11.5 Å². The van der Waals surface area contributed by atoms with Crippen LogP contribution in [-0.2, 0) is 9.59 Å². The number of anilines is 2. The molecule has 0 aliphatic carbocycles. The minimum absolute atomic E-state index is 0.0201. The number of benzene rings is 1. The Labute approximate surface area is 138 Å². The summed E-state index contributed by atoms with van der Waals surface area (Å²) in [7, 11) is 3.05. The van der Waals surface area contributed by atoms with E-state index in [0.717, 1.165) is 5.69 Å². The van der Waals surface area contributed by atoms with Gasteiger partial charge in [-0.15, -0.1) is 0 Å². The molecule has 1 unspecified atom stereocenters. The smallest absolute Gasteiger partial charge is 0.249 e. The highest BCUT2D eigenvalue weighted by Gasteiger charge is 2.32. The number of fused-ring (bicyclic) bond motifs is 1. The van der Waals surface area contributed by atoms with Crippen LogP contribution in [0.1, 0.15) is 18.2 Å². The highest BCUT2D eigenvalue weighted by atomic mass is 16.5. The average molecular weight is 330 g/mol. The van der Waals surface area contributed by atoms with Crippen LogP contribution in [0.3, 0.4) is 0 Å². The molecular weight excluding hydrogens is 312 g/mol. The quantitative estimate of drug-likeness (QED) is 0.890. The lowest BCUT2D eigenvalue weighted by atomic mass is 10.1. The molecule has 8 heteroatoms. The van der Waals surface area contributed by atoms with Crippen molar-refractivity contribution in [3.63, 3.8) is 0 Å². The van der Waals surface area contributed by atoms with Gasteiger partial charge in [0.25, 0.3) is 0 Å². The van der Waals surface area contributed by atoms with Gasteiger partial charge in [-0.3, -0.25) is 9.59 Å². The summed E-state index contributed by atoms with van der Waals surface area (Å²) in [6.07, 6.45) is 0.0201. The van der Waals surface area contributed by atoms with Crippen LogP contribution in [0, 0.1) is 6.92 Å². The zero-order chi connectivity index (χ0) is 17.3. The molecule has 2 amide bonds. The molecule has 1 aromatic carbocycles. The average Bonchev–Trinajstić information content (AvgIpc) is 2.93. The van der Waals surface area contributed by atoms with Crippen molar-refractivity contribution >= 4 is 23.3 Å². The van der Waals surface area contributed by atoms with E-state index in [1.807, 2.05) is 0 Å². The molecule has 0 bridgehead atoms. The first-order valence-corrected chi connectivity index (χ1v) is 7.40. The summed E-state index contributed by atoms with van der Waals surface area (Å²) < 4.78 is 12.0. The van der Waals surface area contributed by atoms with Crippen molar-refractivity contribution in [1.29, 1.82) is 0 Å². The molecule has 0 saturated carbocycles. The minimum atomic E-state index is -0.724. The largest absolute Gasteiger partial charge is 0.497 e. The lowest BCUT2D eigenvalue weighted by Gasteiger charge is -2.24. The van der Waals surface area contributed by atoms with Crippen LogP contribution >= 0.6 is 0 Å². The molecule has 0 fully saturated rings.